The highest BCUT2D eigenvalue weighted by atomic mass is 19.2. The van der Waals surface area contributed by atoms with Crippen LogP contribution in [0.2, 0.25) is 0 Å². The van der Waals surface area contributed by atoms with Gasteiger partial charge in [0.15, 0.2) is 11.6 Å². The molecule has 4 heteroatoms. The van der Waals surface area contributed by atoms with E-state index in [1.807, 2.05) is 13.8 Å². The molecule has 0 atom stereocenters. The van der Waals surface area contributed by atoms with Crippen LogP contribution in [0.25, 0.3) is 0 Å². The number of benzene rings is 1. The monoisotopic (exact) mass is 214 g/mol. The normalized spacial score (nSPS) is 10.5. The van der Waals surface area contributed by atoms with E-state index in [1.54, 1.807) is 11.0 Å². The highest BCUT2D eigenvalue weighted by Crippen LogP contribution is 2.23. The van der Waals surface area contributed by atoms with E-state index in [-0.39, 0.29) is 12.1 Å². The first-order valence-corrected chi connectivity index (χ1v) is 5.07. The molecule has 0 bridgehead atoms. The van der Waals surface area contributed by atoms with E-state index in [4.69, 9.17) is 5.73 Å². The van der Waals surface area contributed by atoms with E-state index in [0.29, 0.717) is 18.8 Å². The van der Waals surface area contributed by atoms with E-state index >= 15 is 0 Å². The predicted octanol–water partition coefficient (Wildman–Crippen LogP) is 2.27. The van der Waals surface area contributed by atoms with Crippen LogP contribution in [0, 0.1) is 11.6 Å². The van der Waals surface area contributed by atoms with Crippen molar-refractivity contribution < 1.29 is 8.78 Å². The molecule has 1 aromatic carbocycles. The number of halogens is 2. The Morgan fingerprint density at radius 3 is 2.20 bits per heavy atom. The molecule has 0 fully saturated rings. The van der Waals surface area contributed by atoms with Crippen LogP contribution in [-0.2, 0) is 6.54 Å². The van der Waals surface area contributed by atoms with Crippen LogP contribution in [0.1, 0.15) is 19.4 Å². The van der Waals surface area contributed by atoms with Gasteiger partial charge in [0.05, 0.1) is 5.69 Å². The third kappa shape index (κ3) is 2.26. The second kappa shape index (κ2) is 5.07. The summed E-state index contributed by atoms with van der Waals surface area (Å²) in [6, 6.07) is 3.11. The van der Waals surface area contributed by atoms with Crippen molar-refractivity contribution in [1.82, 2.24) is 0 Å². The lowest BCUT2D eigenvalue weighted by atomic mass is 10.1. The lowest BCUT2D eigenvalue weighted by molar-refractivity contribution is 0.497. The standard InChI is InChI=1S/C11H16F2N2/c1-3-15(4-2)9-6-5-8(7-14)10(12)11(9)13/h5-6H,3-4,7,14H2,1-2H3. The van der Waals surface area contributed by atoms with Crippen LogP contribution >= 0.6 is 0 Å². The summed E-state index contributed by atoms with van der Waals surface area (Å²) in [5, 5.41) is 0. The number of nitrogens with two attached hydrogens (primary N) is 1. The number of hydrogen-bond acceptors (Lipinski definition) is 2. The molecule has 15 heavy (non-hydrogen) atoms. The Balaban J connectivity index is 3.16. The summed E-state index contributed by atoms with van der Waals surface area (Å²) in [6.07, 6.45) is 0. The average molecular weight is 214 g/mol. The van der Waals surface area contributed by atoms with Crippen LogP contribution in [0.4, 0.5) is 14.5 Å². The maximum atomic E-state index is 13.6. The van der Waals surface area contributed by atoms with Crippen molar-refractivity contribution >= 4 is 5.69 Å². The molecular formula is C11H16F2N2. The van der Waals surface area contributed by atoms with Gasteiger partial charge in [-0.05, 0) is 19.9 Å². The molecule has 2 N–H and O–H groups in total. The number of rotatable bonds is 4. The van der Waals surface area contributed by atoms with Crippen LogP contribution in [0.5, 0.6) is 0 Å². The van der Waals surface area contributed by atoms with Crippen LogP contribution < -0.4 is 10.6 Å². The van der Waals surface area contributed by atoms with Crippen molar-refractivity contribution in [2.75, 3.05) is 18.0 Å². The van der Waals surface area contributed by atoms with Crippen molar-refractivity contribution in [3.05, 3.63) is 29.3 Å². The number of hydrogen-bond donors (Lipinski definition) is 1. The molecule has 0 aromatic heterocycles. The minimum Gasteiger partial charge on any atom is -0.370 e. The molecule has 0 saturated carbocycles. The molecule has 0 saturated heterocycles. The van der Waals surface area contributed by atoms with Gasteiger partial charge in [-0.3, -0.25) is 0 Å². The quantitative estimate of drug-likeness (QED) is 0.833. The highest BCUT2D eigenvalue weighted by Gasteiger charge is 2.15. The lowest BCUT2D eigenvalue weighted by Gasteiger charge is -2.22. The van der Waals surface area contributed by atoms with E-state index in [2.05, 4.69) is 0 Å². The lowest BCUT2D eigenvalue weighted by Crippen LogP contribution is -2.23. The van der Waals surface area contributed by atoms with Crippen LogP contribution in [0.15, 0.2) is 12.1 Å². The maximum Gasteiger partial charge on any atom is 0.182 e. The third-order valence-electron chi connectivity index (χ3n) is 2.47. The van der Waals surface area contributed by atoms with Gasteiger partial charge in [0, 0.05) is 25.2 Å². The van der Waals surface area contributed by atoms with Gasteiger partial charge in [0.25, 0.3) is 0 Å². The second-order valence-electron chi connectivity index (χ2n) is 3.25. The molecule has 0 amide bonds. The van der Waals surface area contributed by atoms with Gasteiger partial charge in [-0.25, -0.2) is 8.78 Å². The van der Waals surface area contributed by atoms with Crippen molar-refractivity contribution in [3.8, 4) is 0 Å². The van der Waals surface area contributed by atoms with E-state index in [1.165, 1.54) is 6.07 Å². The molecule has 0 aliphatic rings. The third-order valence-corrected chi connectivity index (χ3v) is 2.47. The summed E-state index contributed by atoms with van der Waals surface area (Å²) in [7, 11) is 0. The fourth-order valence-corrected chi connectivity index (χ4v) is 1.55. The fourth-order valence-electron chi connectivity index (χ4n) is 1.55. The van der Waals surface area contributed by atoms with Gasteiger partial charge in [0.1, 0.15) is 0 Å². The Hall–Kier alpha value is -1.16. The van der Waals surface area contributed by atoms with E-state index < -0.39 is 11.6 Å². The Morgan fingerprint density at radius 1 is 1.13 bits per heavy atom. The summed E-state index contributed by atoms with van der Waals surface area (Å²) >= 11 is 0. The van der Waals surface area contributed by atoms with E-state index in [9.17, 15) is 8.78 Å². The van der Waals surface area contributed by atoms with Gasteiger partial charge in [-0.1, -0.05) is 6.07 Å². The number of nitrogens with zero attached hydrogens (tertiary/aromatic N) is 1. The Bertz CT molecular complexity index is 336. The minimum absolute atomic E-state index is 0.0152. The van der Waals surface area contributed by atoms with E-state index in [0.717, 1.165) is 0 Å². The topological polar surface area (TPSA) is 29.3 Å². The van der Waals surface area contributed by atoms with Gasteiger partial charge in [-0.15, -0.1) is 0 Å². The molecular weight excluding hydrogens is 198 g/mol. The SMILES string of the molecule is CCN(CC)c1ccc(CN)c(F)c1F. The zero-order valence-electron chi connectivity index (χ0n) is 9.06. The second-order valence-corrected chi connectivity index (χ2v) is 3.25. The van der Waals surface area contributed by atoms with Crippen molar-refractivity contribution in [2.45, 2.75) is 20.4 Å². The first-order valence-electron chi connectivity index (χ1n) is 5.07. The Morgan fingerprint density at radius 2 is 1.73 bits per heavy atom. The minimum atomic E-state index is -0.832. The van der Waals surface area contributed by atoms with Gasteiger partial charge >= 0.3 is 0 Å². The molecule has 0 spiro atoms. The molecule has 0 aliphatic heterocycles. The average Bonchev–Trinajstić information content (AvgIpc) is 2.26. The highest BCUT2D eigenvalue weighted by molar-refractivity contribution is 5.49. The van der Waals surface area contributed by atoms with Gasteiger partial charge < -0.3 is 10.6 Å². The summed E-state index contributed by atoms with van der Waals surface area (Å²) in [5.41, 5.74) is 5.80. The maximum absolute atomic E-state index is 13.6. The zero-order valence-corrected chi connectivity index (χ0v) is 9.06. The first-order chi connectivity index (χ1) is 7.15. The predicted molar refractivity (Wildman–Crippen MR) is 57.8 cm³/mol. The van der Waals surface area contributed by atoms with Gasteiger partial charge in [-0.2, -0.15) is 0 Å². The van der Waals surface area contributed by atoms with Crippen molar-refractivity contribution in [3.63, 3.8) is 0 Å². The number of anilines is 1. The molecule has 1 rings (SSSR count). The Kier molecular flexibility index (Phi) is 4.03. The summed E-state index contributed by atoms with van der Waals surface area (Å²) in [6.45, 7) is 5.11. The van der Waals surface area contributed by atoms with Gasteiger partial charge in [0.2, 0.25) is 0 Å². The smallest absolute Gasteiger partial charge is 0.182 e. The summed E-state index contributed by atoms with van der Waals surface area (Å²) in [5.74, 6) is -1.64. The first kappa shape index (κ1) is 11.9. The molecule has 0 unspecified atom stereocenters. The fraction of sp³-hybridized carbons (Fsp3) is 0.455. The largest absolute Gasteiger partial charge is 0.370 e. The molecule has 84 valence electrons. The molecule has 0 heterocycles. The molecule has 0 aliphatic carbocycles. The molecule has 1 aromatic rings. The molecule has 0 radical (unpaired) electrons. The zero-order chi connectivity index (χ0) is 11.4. The summed E-state index contributed by atoms with van der Waals surface area (Å²) in [4.78, 5) is 1.76. The summed E-state index contributed by atoms with van der Waals surface area (Å²) < 4.78 is 27.0. The molecule has 2 nitrogen and oxygen atoms in total. The van der Waals surface area contributed by atoms with Crippen LogP contribution in [-0.4, -0.2) is 13.1 Å². The van der Waals surface area contributed by atoms with Crippen LogP contribution in [0.3, 0.4) is 0 Å². The van der Waals surface area contributed by atoms with Crippen molar-refractivity contribution in [1.29, 1.82) is 0 Å². The van der Waals surface area contributed by atoms with Crippen molar-refractivity contribution in [2.24, 2.45) is 5.73 Å². The Labute approximate surface area is 88.7 Å².